The summed E-state index contributed by atoms with van der Waals surface area (Å²) < 4.78 is 1.91. The SMILES string of the molecule is C1=CN=C(c2ccc3c(c2)N(c2cccc(-n4cccn4)c2)c2ccccc2CC3)C1. The van der Waals surface area contributed by atoms with Gasteiger partial charge in [-0.3, -0.25) is 4.99 Å². The van der Waals surface area contributed by atoms with E-state index in [-0.39, 0.29) is 0 Å². The number of hydrogen-bond acceptors (Lipinski definition) is 3. The topological polar surface area (TPSA) is 33.4 Å². The lowest BCUT2D eigenvalue weighted by atomic mass is 10.0. The number of nitrogens with zero attached hydrogens (tertiary/aromatic N) is 4. The number of allylic oxidation sites excluding steroid dienone is 1. The molecule has 3 heterocycles. The van der Waals surface area contributed by atoms with Gasteiger partial charge in [0.25, 0.3) is 0 Å². The fourth-order valence-corrected chi connectivity index (χ4v) is 4.53. The van der Waals surface area contributed by atoms with Crippen LogP contribution in [0.4, 0.5) is 17.1 Å². The molecule has 2 aliphatic rings. The van der Waals surface area contributed by atoms with Gasteiger partial charge < -0.3 is 4.90 Å². The molecule has 0 radical (unpaired) electrons. The Morgan fingerprint density at radius 3 is 2.45 bits per heavy atom. The van der Waals surface area contributed by atoms with E-state index in [1.165, 1.54) is 28.1 Å². The fourth-order valence-electron chi connectivity index (χ4n) is 4.53. The van der Waals surface area contributed by atoms with E-state index in [2.05, 4.69) is 87.8 Å². The van der Waals surface area contributed by atoms with E-state index in [9.17, 15) is 0 Å². The van der Waals surface area contributed by atoms with Gasteiger partial charge in [0.1, 0.15) is 0 Å². The zero-order valence-electron chi connectivity index (χ0n) is 17.1. The van der Waals surface area contributed by atoms with E-state index < -0.39 is 0 Å². The van der Waals surface area contributed by atoms with Gasteiger partial charge in [0, 0.05) is 42.1 Å². The molecule has 0 saturated heterocycles. The maximum absolute atomic E-state index is 4.57. The summed E-state index contributed by atoms with van der Waals surface area (Å²) in [4.78, 5) is 6.97. The first-order valence-corrected chi connectivity index (χ1v) is 10.7. The number of aromatic nitrogens is 2. The quantitative estimate of drug-likeness (QED) is 0.412. The monoisotopic (exact) mass is 402 g/mol. The second-order valence-corrected chi connectivity index (χ2v) is 7.94. The van der Waals surface area contributed by atoms with Gasteiger partial charge in [-0.15, -0.1) is 0 Å². The van der Waals surface area contributed by atoms with Crippen LogP contribution in [0.3, 0.4) is 0 Å². The first-order valence-electron chi connectivity index (χ1n) is 10.7. The van der Waals surface area contributed by atoms with Crippen molar-refractivity contribution in [2.75, 3.05) is 4.90 Å². The summed E-state index contributed by atoms with van der Waals surface area (Å²) in [7, 11) is 0. The minimum absolute atomic E-state index is 0.893. The molecule has 0 bridgehead atoms. The highest BCUT2D eigenvalue weighted by Gasteiger charge is 2.23. The molecular formula is C27H22N4. The van der Waals surface area contributed by atoms with Crippen molar-refractivity contribution in [2.45, 2.75) is 19.3 Å². The molecule has 150 valence electrons. The lowest BCUT2D eigenvalue weighted by molar-refractivity contribution is 0.880. The van der Waals surface area contributed by atoms with Crippen molar-refractivity contribution in [1.82, 2.24) is 9.78 Å². The first-order chi connectivity index (χ1) is 15.4. The Balaban J connectivity index is 1.55. The Morgan fingerprint density at radius 1 is 0.742 bits per heavy atom. The molecule has 4 nitrogen and oxygen atoms in total. The van der Waals surface area contributed by atoms with Gasteiger partial charge in [-0.1, -0.05) is 42.5 Å². The highest BCUT2D eigenvalue weighted by Crippen LogP contribution is 2.42. The van der Waals surface area contributed by atoms with Crippen molar-refractivity contribution >= 4 is 22.8 Å². The van der Waals surface area contributed by atoms with Crippen molar-refractivity contribution in [1.29, 1.82) is 0 Å². The third kappa shape index (κ3) is 3.17. The Hall–Kier alpha value is -3.92. The molecule has 31 heavy (non-hydrogen) atoms. The minimum Gasteiger partial charge on any atom is -0.310 e. The predicted octanol–water partition coefficient (Wildman–Crippen LogP) is 6.15. The maximum atomic E-state index is 4.57. The standard InChI is InChI=1S/C27H22N4/c1-2-10-26-20(6-1)11-12-21-13-14-22(25-9-4-15-28-25)18-27(21)31(26)24-8-3-7-23(19-24)30-17-5-16-29-30/h1-8,10,13-19H,9,11-12H2. The van der Waals surface area contributed by atoms with Crippen LogP contribution in [0.25, 0.3) is 5.69 Å². The van der Waals surface area contributed by atoms with Crippen LogP contribution in [0.5, 0.6) is 0 Å². The number of para-hydroxylation sites is 1. The molecule has 4 heteroatoms. The van der Waals surface area contributed by atoms with Gasteiger partial charge in [-0.05, 0) is 65.9 Å². The van der Waals surface area contributed by atoms with E-state index in [4.69, 9.17) is 0 Å². The van der Waals surface area contributed by atoms with Crippen LogP contribution >= 0.6 is 0 Å². The van der Waals surface area contributed by atoms with Gasteiger partial charge in [0.2, 0.25) is 0 Å². The molecule has 0 unspecified atom stereocenters. The van der Waals surface area contributed by atoms with Gasteiger partial charge in [0.05, 0.1) is 11.4 Å². The van der Waals surface area contributed by atoms with Crippen molar-refractivity contribution in [3.63, 3.8) is 0 Å². The molecule has 0 saturated carbocycles. The van der Waals surface area contributed by atoms with E-state index in [1.54, 1.807) is 0 Å². The Kier molecular flexibility index (Phi) is 4.27. The molecular weight excluding hydrogens is 380 g/mol. The molecule has 4 aromatic rings. The van der Waals surface area contributed by atoms with Gasteiger partial charge in [0.15, 0.2) is 0 Å². The third-order valence-electron chi connectivity index (χ3n) is 6.06. The average molecular weight is 403 g/mol. The molecule has 6 rings (SSSR count). The molecule has 3 aromatic carbocycles. The molecule has 0 fully saturated rings. The Labute approximate surface area is 181 Å². The summed E-state index contributed by atoms with van der Waals surface area (Å²) in [5.41, 5.74) is 9.69. The molecule has 0 amide bonds. The number of fused-ring (bicyclic) bond motifs is 2. The molecule has 0 aliphatic carbocycles. The first kappa shape index (κ1) is 17.9. The molecule has 2 aliphatic heterocycles. The van der Waals surface area contributed by atoms with E-state index >= 15 is 0 Å². The highest BCUT2D eigenvalue weighted by molar-refractivity contribution is 6.04. The van der Waals surface area contributed by atoms with Crippen LogP contribution in [0.1, 0.15) is 23.1 Å². The largest absolute Gasteiger partial charge is 0.310 e. The lowest BCUT2D eigenvalue weighted by Crippen LogP contribution is -2.13. The molecule has 0 spiro atoms. The van der Waals surface area contributed by atoms with Gasteiger partial charge in [-0.25, -0.2) is 4.68 Å². The highest BCUT2D eigenvalue weighted by atomic mass is 15.3. The average Bonchev–Trinajstić information content (AvgIpc) is 3.52. The van der Waals surface area contributed by atoms with Gasteiger partial charge in [-0.2, -0.15) is 5.10 Å². The normalized spacial score (nSPS) is 14.7. The van der Waals surface area contributed by atoms with Crippen molar-refractivity contribution in [3.05, 3.63) is 114 Å². The molecule has 0 N–H and O–H groups in total. The number of rotatable bonds is 3. The van der Waals surface area contributed by atoms with Crippen molar-refractivity contribution in [3.8, 4) is 5.69 Å². The van der Waals surface area contributed by atoms with Crippen LogP contribution in [0.15, 0.2) is 102 Å². The smallest absolute Gasteiger partial charge is 0.0666 e. The van der Waals surface area contributed by atoms with Crippen LogP contribution in [-0.4, -0.2) is 15.5 Å². The zero-order chi connectivity index (χ0) is 20.6. The summed E-state index contributed by atoms with van der Waals surface area (Å²) >= 11 is 0. The van der Waals surface area contributed by atoms with Crippen LogP contribution in [-0.2, 0) is 12.8 Å². The van der Waals surface area contributed by atoms with E-state index in [1.807, 2.05) is 29.3 Å². The van der Waals surface area contributed by atoms with Crippen LogP contribution in [0.2, 0.25) is 0 Å². The Bertz CT molecular complexity index is 1310. The third-order valence-corrected chi connectivity index (χ3v) is 6.06. The van der Waals surface area contributed by atoms with Crippen molar-refractivity contribution in [2.24, 2.45) is 4.99 Å². The van der Waals surface area contributed by atoms with Crippen LogP contribution < -0.4 is 4.90 Å². The summed E-state index contributed by atoms with van der Waals surface area (Å²) in [5, 5.41) is 4.42. The number of anilines is 3. The number of benzene rings is 3. The van der Waals surface area contributed by atoms with E-state index in [0.29, 0.717) is 0 Å². The fraction of sp³-hybridized carbons (Fsp3) is 0.111. The minimum atomic E-state index is 0.893. The summed E-state index contributed by atoms with van der Waals surface area (Å²) in [5.74, 6) is 0. The van der Waals surface area contributed by atoms with Crippen molar-refractivity contribution < 1.29 is 0 Å². The number of aliphatic imine (C=N–C) groups is 1. The molecule has 0 atom stereocenters. The molecule has 1 aromatic heterocycles. The summed E-state index contributed by atoms with van der Waals surface area (Å²) in [6.07, 6.45) is 10.7. The number of aryl methyl sites for hydroxylation is 2. The zero-order valence-corrected chi connectivity index (χ0v) is 17.1. The second-order valence-electron chi connectivity index (χ2n) is 7.94. The summed E-state index contributed by atoms with van der Waals surface area (Å²) in [6, 6.07) is 26.1. The maximum Gasteiger partial charge on any atom is 0.0666 e. The number of hydrogen-bond donors (Lipinski definition) is 0. The second kappa shape index (κ2) is 7.40. The summed E-state index contributed by atoms with van der Waals surface area (Å²) in [6.45, 7) is 0. The van der Waals surface area contributed by atoms with Gasteiger partial charge >= 0.3 is 0 Å². The van der Waals surface area contributed by atoms with E-state index in [0.717, 1.165) is 36.3 Å². The predicted molar refractivity (Wildman–Crippen MR) is 126 cm³/mol. The Morgan fingerprint density at radius 2 is 1.61 bits per heavy atom. The lowest BCUT2D eigenvalue weighted by Gasteiger charge is -2.28. The van der Waals surface area contributed by atoms with Crippen LogP contribution in [0, 0.1) is 0 Å².